The van der Waals surface area contributed by atoms with Crippen molar-refractivity contribution >= 4 is 11.9 Å². The van der Waals surface area contributed by atoms with Gasteiger partial charge in [0.25, 0.3) is 5.91 Å². The molecule has 1 rings (SSSR count). The zero-order valence-electron chi connectivity index (χ0n) is 12.9. The highest BCUT2D eigenvalue weighted by molar-refractivity contribution is 5.94. The summed E-state index contributed by atoms with van der Waals surface area (Å²) in [7, 11) is 0. The number of hydrogen-bond donors (Lipinski definition) is 1. The normalized spacial score (nSPS) is 11.9. The first-order valence-electron chi connectivity index (χ1n) is 7.63. The van der Waals surface area contributed by atoms with Gasteiger partial charge < -0.3 is 10.0 Å². The number of aliphatic carboxylic acids is 1. The van der Waals surface area contributed by atoms with Crippen molar-refractivity contribution in [3.63, 3.8) is 0 Å². The van der Waals surface area contributed by atoms with E-state index >= 15 is 0 Å². The zero-order valence-corrected chi connectivity index (χ0v) is 12.9. The van der Waals surface area contributed by atoms with Gasteiger partial charge in [-0.25, -0.2) is 0 Å². The van der Waals surface area contributed by atoms with Crippen LogP contribution in [-0.2, 0) is 4.79 Å². The topological polar surface area (TPSA) is 57.6 Å². The van der Waals surface area contributed by atoms with E-state index in [2.05, 4.69) is 6.92 Å². The lowest BCUT2D eigenvalue weighted by molar-refractivity contribution is -0.141. The molecule has 4 heteroatoms. The molecule has 0 aromatic heterocycles. The second kappa shape index (κ2) is 9.16. The van der Waals surface area contributed by atoms with Crippen molar-refractivity contribution in [3.8, 4) is 0 Å². The van der Waals surface area contributed by atoms with E-state index < -0.39 is 11.9 Å². The van der Waals surface area contributed by atoms with E-state index in [1.165, 1.54) is 0 Å². The van der Waals surface area contributed by atoms with Gasteiger partial charge in [0.2, 0.25) is 0 Å². The lowest BCUT2D eigenvalue weighted by Gasteiger charge is -2.24. The largest absolute Gasteiger partial charge is 0.481 e. The van der Waals surface area contributed by atoms with E-state index in [0.29, 0.717) is 12.1 Å². The summed E-state index contributed by atoms with van der Waals surface area (Å²) in [6, 6.07) is 9.05. The van der Waals surface area contributed by atoms with E-state index in [9.17, 15) is 9.59 Å². The minimum absolute atomic E-state index is 0.0831. The number of carboxylic acids is 1. The zero-order chi connectivity index (χ0) is 15.7. The predicted octanol–water partition coefficient (Wildman–Crippen LogP) is 3.43. The molecular weight excluding hydrogens is 266 g/mol. The monoisotopic (exact) mass is 291 g/mol. The molecule has 1 amide bonds. The second-order valence-corrected chi connectivity index (χ2v) is 5.42. The van der Waals surface area contributed by atoms with Gasteiger partial charge >= 0.3 is 5.97 Å². The van der Waals surface area contributed by atoms with Crippen LogP contribution in [0.15, 0.2) is 30.3 Å². The Morgan fingerprint density at radius 3 is 2.38 bits per heavy atom. The van der Waals surface area contributed by atoms with Crippen LogP contribution < -0.4 is 0 Å². The lowest BCUT2D eigenvalue weighted by atomic mass is 10.1. The van der Waals surface area contributed by atoms with Crippen LogP contribution in [0.3, 0.4) is 0 Å². The maximum absolute atomic E-state index is 12.5. The summed E-state index contributed by atoms with van der Waals surface area (Å²) in [5, 5.41) is 9.05. The standard InChI is InChI=1S/C17H25NO3/c1-3-4-5-9-12-18(13-14(2)17(20)21)16(19)15-10-7-6-8-11-15/h6-8,10-11,14H,3-5,9,12-13H2,1-2H3,(H,20,21). The van der Waals surface area contributed by atoms with Crippen molar-refractivity contribution in [3.05, 3.63) is 35.9 Å². The molecule has 0 aliphatic rings. The van der Waals surface area contributed by atoms with Crippen molar-refractivity contribution in [2.75, 3.05) is 13.1 Å². The average Bonchev–Trinajstić information content (AvgIpc) is 2.50. The molecule has 0 saturated heterocycles. The molecule has 0 aliphatic carbocycles. The van der Waals surface area contributed by atoms with Gasteiger partial charge in [-0.2, -0.15) is 0 Å². The third-order valence-electron chi connectivity index (χ3n) is 3.51. The molecule has 1 aromatic rings. The fourth-order valence-electron chi connectivity index (χ4n) is 2.18. The SMILES string of the molecule is CCCCCCN(CC(C)C(=O)O)C(=O)c1ccccc1. The first-order valence-corrected chi connectivity index (χ1v) is 7.63. The summed E-state index contributed by atoms with van der Waals surface area (Å²) in [5.74, 6) is -1.50. The maximum Gasteiger partial charge on any atom is 0.308 e. The van der Waals surface area contributed by atoms with Gasteiger partial charge in [0.05, 0.1) is 5.92 Å². The van der Waals surface area contributed by atoms with Crippen LogP contribution in [0, 0.1) is 5.92 Å². The fraction of sp³-hybridized carbons (Fsp3) is 0.529. The van der Waals surface area contributed by atoms with Crippen LogP contribution in [0.4, 0.5) is 0 Å². The molecule has 21 heavy (non-hydrogen) atoms. The number of rotatable bonds is 9. The summed E-state index contributed by atoms with van der Waals surface area (Å²) in [4.78, 5) is 25.2. The Bertz CT molecular complexity index is 445. The predicted molar refractivity (Wildman–Crippen MR) is 83.3 cm³/mol. The van der Waals surface area contributed by atoms with Crippen LogP contribution in [0.2, 0.25) is 0 Å². The molecule has 1 N–H and O–H groups in total. The number of nitrogens with zero attached hydrogens (tertiary/aromatic N) is 1. The van der Waals surface area contributed by atoms with Crippen molar-refractivity contribution < 1.29 is 14.7 Å². The smallest absolute Gasteiger partial charge is 0.308 e. The highest BCUT2D eigenvalue weighted by Gasteiger charge is 2.21. The van der Waals surface area contributed by atoms with Gasteiger partial charge in [0.15, 0.2) is 0 Å². The third-order valence-corrected chi connectivity index (χ3v) is 3.51. The Hall–Kier alpha value is -1.84. The summed E-state index contributed by atoms with van der Waals surface area (Å²) in [5.41, 5.74) is 0.616. The number of carbonyl (C=O) groups excluding carboxylic acids is 1. The molecule has 0 saturated carbocycles. The molecule has 0 heterocycles. The Morgan fingerprint density at radius 1 is 1.14 bits per heavy atom. The number of amides is 1. The average molecular weight is 291 g/mol. The number of carboxylic acid groups (broad SMARTS) is 1. The fourth-order valence-corrected chi connectivity index (χ4v) is 2.18. The highest BCUT2D eigenvalue weighted by atomic mass is 16.4. The summed E-state index contributed by atoms with van der Waals surface area (Å²) >= 11 is 0. The van der Waals surface area contributed by atoms with Gasteiger partial charge in [-0.15, -0.1) is 0 Å². The van der Waals surface area contributed by atoms with Gasteiger partial charge in [-0.1, -0.05) is 51.3 Å². The van der Waals surface area contributed by atoms with Crippen LogP contribution in [-0.4, -0.2) is 35.0 Å². The van der Waals surface area contributed by atoms with Crippen molar-refractivity contribution in [1.82, 2.24) is 4.90 Å². The number of benzene rings is 1. The van der Waals surface area contributed by atoms with Crippen LogP contribution >= 0.6 is 0 Å². The maximum atomic E-state index is 12.5. The molecule has 1 unspecified atom stereocenters. The Balaban J connectivity index is 2.70. The second-order valence-electron chi connectivity index (χ2n) is 5.42. The molecule has 0 radical (unpaired) electrons. The van der Waals surface area contributed by atoms with Crippen LogP contribution in [0.25, 0.3) is 0 Å². The van der Waals surface area contributed by atoms with Crippen LogP contribution in [0.1, 0.15) is 49.9 Å². The summed E-state index contributed by atoms with van der Waals surface area (Å²) in [6.45, 7) is 4.65. The molecule has 1 atom stereocenters. The van der Waals surface area contributed by atoms with Crippen molar-refractivity contribution in [2.45, 2.75) is 39.5 Å². The quantitative estimate of drug-likeness (QED) is 0.709. The van der Waals surface area contributed by atoms with E-state index in [-0.39, 0.29) is 12.5 Å². The Labute approximate surface area is 126 Å². The van der Waals surface area contributed by atoms with E-state index in [4.69, 9.17) is 5.11 Å². The molecular formula is C17H25NO3. The molecule has 1 aromatic carbocycles. The molecule has 116 valence electrons. The minimum atomic E-state index is -0.866. The van der Waals surface area contributed by atoms with Crippen LogP contribution in [0.5, 0.6) is 0 Å². The molecule has 0 spiro atoms. The highest BCUT2D eigenvalue weighted by Crippen LogP contribution is 2.10. The molecule has 0 fully saturated rings. The first kappa shape index (κ1) is 17.2. The summed E-state index contributed by atoms with van der Waals surface area (Å²) < 4.78 is 0. The minimum Gasteiger partial charge on any atom is -0.481 e. The number of carbonyl (C=O) groups is 2. The van der Waals surface area contributed by atoms with Crippen molar-refractivity contribution in [2.24, 2.45) is 5.92 Å². The van der Waals surface area contributed by atoms with Gasteiger partial charge in [0.1, 0.15) is 0 Å². The van der Waals surface area contributed by atoms with Gasteiger partial charge in [0, 0.05) is 18.7 Å². The molecule has 4 nitrogen and oxygen atoms in total. The Morgan fingerprint density at radius 2 is 1.81 bits per heavy atom. The third kappa shape index (κ3) is 5.98. The van der Waals surface area contributed by atoms with Gasteiger partial charge in [-0.05, 0) is 18.6 Å². The lowest BCUT2D eigenvalue weighted by Crippen LogP contribution is -2.37. The molecule has 0 bridgehead atoms. The van der Waals surface area contributed by atoms with E-state index in [1.807, 2.05) is 18.2 Å². The summed E-state index contributed by atoms with van der Waals surface area (Å²) in [6.07, 6.45) is 4.26. The first-order chi connectivity index (χ1) is 10.1. The van der Waals surface area contributed by atoms with E-state index in [1.54, 1.807) is 24.0 Å². The van der Waals surface area contributed by atoms with Gasteiger partial charge in [-0.3, -0.25) is 9.59 Å². The van der Waals surface area contributed by atoms with Crippen molar-refractivity contribution in [1.29, 1.82) is 0 Å². The Kier molecular flexibility index (Phi) is 7.51. The number of unbranched alkanes of at least 4 members (excludes halogenated alkanes) is 3. The van der Waals surface area contributed by atoms with E-state index in [0.717, 1.165) is 25.7 Å². The molecule has 0 aliphatic heterocycles. The number of hydrogen-bond acceptors (Lipinski definition) is 2.